The van der Waals surface area contributed by atoms with Gasteiger partial charge < -0.3 is 33.2 Å². The smallest absolute Gasteiger partial charge is 0.162 e. The molecule has 0 atom stereocenters. The van der Waals surface area contributed by atoms with E-state index in [1.165, 1.54) is 27.8 Å². The molecular weight excluding hydrogens is 857 g/mol. The molecule has 0 aliphatic heterocycles. The average molecular weight is 919 g/mol. The van der Waals surface area contributed by atoms with Crippen molar-refractivity contribution in [3.63, 3.8) is 0 Å². The molecule has 0 aromatic heterocycles. The lowest BCUT2D eigenvalue weighted by molar-refractivity contribution is 0.253. The highest BCUT2D eigenvalue weighted by atomic mass is 16.5. The molecule has 8 aromatic carbocycles. The summed E-state index contributed by atoms with van der Waals surface area (Å²) in [5, 5.41) is 0. The van der Waals surface area contributed by atoms with Crippen LogP contribution in [0.4, 0.5) is 0 Å². The second-order valence-electron chi connectivity index (χ2n) is 18.1. The molecule has 0 radical (unpaired) electrons. The first kappa shape index (κ1) is 47.8. The maximum Gasteiger partial charge on any atom is 0.162 e. The Bertz CT molecular complexity index is 2700. The predicted molar refractivity (Wildman–Crippen MR) is 275 cm³/mol. The molecule has 7 heteroatoms. The Balaban J connectivity index is 1.01. The average Bonchev–Trinajstić information content (AvgIpc) is 3.36. The van der Waals surface area contributed by atoms with Gasteiger partial charge in [-0.15, -0.1) is 0 Å². The number of ether oxygens (including phenoxy) is 7. The van der Waals surface area contributed by atoms with E-state index in [0.717, 1.165) is 44.7 Å². The number of hydrogen-bond acceptors (Lipinski definition) is 7. The molecule has 0 saturated heterocycles. The Morgan fingerprint density at radius 2 is 0.565 bits per heavy atom. The zero-order chi connectivity index (χ0) is 48.0. The predicted octanol–water partition coefficient (Wildman–Crippen LogP) is 15.1. The summed E-state index contributed by atoms with van der Waals surface area (Å²) in [5.41, 5.74) is 13.1. The highest BCUT2D eigenvalue weighted by Gasteiger charge is 2.14. The Kier molecular flexibility index (Phi) is 16.2. The third kappa shape index (κ3) is 14.4. The van der Waals surface area contributed by atoms with Crippen LogP contribution in [0.2, 0.25) is 0 Å². The van der Waals surface area contributed by atoms with Crippen LogP contribution in [0.1, 0.15) is 86.5 Å². The lowest BCUT2D eigenvalue weighted by Crippen LogP contribution is -2.04. The van der Waals surface area contributed by atoms with Crippen LogP contribution in [-0.4, -0.2) is 0 Å². The zero-order valence-electron chi connectivity index (χ0n) is 40.6. The SMILES string of the molecule is Cc1ccc(COc2ccc(COc3cc(COc4ccc(C(C)C)cc4)cc(OCc4ccc(OCc5ccc(C)cc5)c(OCc5ccc(C)cc5)c4)c3)cc2OCc2ccc(C)cc2)cc1. The van der Waals surface area contributed by atoms with Gasteiger partial charge in [0.1, 0.15) is 63.5 Å². The Hall–Kier alpha value is -7.64. The van der Waals surface area contributed by atoms with Crippen molar-refractivity contribution in [2.75, 3.05) is 0 Å². The van der Waals surface area contributed by atoms with Crippen molar-refractivity contribution < 1.29 is 33.2 Å². The number of aryl methyl sites for hydroxylation is 4. The van der Waals surface area contributed by atoms with E-state index in [0.29, 0.717) is 73.4 Å². The van der Waals surface area contributed by atoms with Gasteiger partial charge in [0, 0.05) is 6.07 Å². The normalized spacial score (nSPS) is 11.0. The fraction of sp³-hybridized carbons (Fsp3) is 0.226. The van der Waals surface area contributed by atoms with Crippen molar-refractivity contribution in [3.8, 4) is 40.2 Å². The van der Waals surface area contributed by atoms with Crippen LogP contribution in [0, 0.1) is 27.7 Å². The van der Waals surface area contributed by atoms with Gasteiger partial charge in [-0.05, 0) is 127 Å². The van der Waals surface area contributed by atoms with E-state index in [2.05, 4.69) is 151 Å². The van der Waals surface area contributed by atoms with Gasteiger partial charge in [-0.3, -0.25) is 0 Å². The third-order valence-electron chi connectivity index (χ3n) is 11.8. The molecule has 69 heavy (non-hydrogen) atoms. The molecule has 0 heterocycles. The lowest BCUT2D eigenvalue weighted by Gasteiger charge is -2.17. The molecule has 8 aromatic rings. The third-order valence-corrected chi connectivity index (χ3v) is 11.8. The van der Waals surface area contributed by atoms with Crippen LogP contribution in [-0.2, 0) is 46.2 Å². The molecule has 352 valence electrons. The van der Waals surface area contributed by atoms with Crippen molar-refractivity contribution >= 4 is 0 Å². The Morgan fingerprint density at radius 1 is 0.261 bits per heavy atom. The minimum absolute atomic E-state index is 0.283. The fourth-order valence-electron chi connectivity index (χ4n) is 7.46. The van der Waals surface area contributed by atoms with Crippen LogP contribution >= 0.6 is 0 Å². The standard InChI is InChI=1S/C62H62O7/c1-43(2)55-25-27-56(28-26-55)63-42-54-31-57(64-40-52-23-29-59(66-36-48-15-7-44(3)8-16-48)61(33-52)68-38-50-19-11-46(5)12-20-50)35-58(32-54)65-41-53-24-30-60(67-37-49-17-9-45(4)10-18-49)62(34-53)69-39-51-21-13-47(6)14-22-51/h7-35,43H,36-42H2,1-6H3. The highest BCUT2D eigenvalue weighted by molar-refractivity contribution is 5.46. The van der Waals surface area contributed by atoms with Crippen LogP contribution in [0.5, 0.6) is 40.2 Å². The second kappa shape index (κ2) is 23.4. The molecule has 0 spiro atoms. The summed E-state index contributed by atoms with van der Waals surface area (Å²) >= 11 is 0. The molecule has 0 amide bonds. The summed E-state index contributed by atoms with van der Waals surface area (Å²) < 4.78 is 44.9. The van der Waals surface area contributed by atoms with E-state index in [1.807, 2.05) is 66.7 Å². The van der Waals surface area contributed by atoms with Crippen LogP contribution in [0.15, 0.2) is 176 Å². The topological polar surface area (TPSA) is 64.6 Å². The summed E-state index contributed by atoms with van der Waals surface area (Å²) in [5.74, 6) is 5.13. The van der Waals surface area contributed by atoms with Crippen molar-refractivity contribution in [2.45, 2.75) is 93.7 Å². The number of hydrogen-bond donors (Lipinski definition) is 0. The molecule has 0 unspecified atom stereocenters. The van der Waals surface area contributed by atoms with Gasteiger partial charge in [-0.25, -0.2) is 0 Å². The van der Waals surface area contributed by atoms with Gasteiger partial charge >= 0.3 is 0 Å². The minimum atomic E-state index is 0.283. The first-order chi connectivity index (χ1) is 33.6. The molecule has 0 bridgehead atoms. The molecule has 0 aliphatic carbocycles. The van der Waals surface area contributed by atoms with Crippen LogP contribution in [0.25, 0.3) is 0 Å². The number of rotatable bonds is 22. The van der Waals surface area contributed by atoms with Gasteiger partial charge in [0.15, 0.2) is 23.0 Å². The molecule has 8 rings (SSSR count). The highest BCUT2D eigenvalue weighted by Crippen LogP contribution is 2.34. The van der Waals surface area contributed by atoms with E-state index in [-0.39, 0.29) is 13.2 Å². The van der Waals surface area contributed by atoms with E-state index in [4.69, 9.17) is 33.2 Å². The van der Waals surface area contributed by atoms with Crippen LogP contribution in [0.3, 0.4) is 0 Å². The molecule has 0 N–H and O–H groups in total. The molecular formula is C62H62O7. The molecule has 7 nitrogen and oxygen atoms in total. The van der Waals surface area contributed by atoms with E-state index in [9.17, 15) is 0 Å². The second-order valence-corrected chi connectivity index (χ2v) is 18.1. The fourth-order valence-corrected chi connectivity index (χ4v) is 7.46. The molecule has 0 fully saturated rings. The summed E-state index contributed by atoms with van der Waals surface area (Å²) in [4.78, 5) is 0. The van der Waals surface area contributed by atoms with E-state index >= 15 is 0 Å². The zero-order valence-corrected chi connectivity index (χ0v) is 40.6. The van der Waals surface area contributed by atoms with Crippen molar-refractivity contribution in [2.24, 2.45) is 0 Å². The van der Waals surface area contributed by atoms with Gasteiger partial charge in [-0.2, -0.15) is 0 Å². The summed E-state index contributed by atoms with van der Waals surface area (Å²) in [6.07, 6.45) is 0. The molecule has 0 saturated carbocycles. The quantitative estimate of drug-likeness (QED) is 0.0671. The number of benzene rings is 8. The Labute approximate surface area is 408 Å². The monoisotopic (exact) mass is 918 g/mol. The van der Waals surface area contributed by atoms with Gasteiger partial charge in [-0.1, -0.05) is 157 Å². The lowest BCUT2D eigenvalue weighted by atomic mass is 10.0. The summed E-state index contributed by atoms with van der Waals surface area (Å²) in [6, 6.07) is 59.6. The van der Waals surface area contributed by atoms with Gasteiger partial charge in [0.05, 0.1) is 0 Å². The summed E-state index contributed by atoms with van der Waals surface area (Å²) in [7, 11) is 0. The molecule has 0 aliphatic rings. The van der Waals surface area contributed by atoms with Gasteiger partial charge in [0.2, 0.25) is 0 Å². The van der Waals surface area contributed by atoms with E-state index < -0.39 is 0 Å². The summed E-state index contributed by atoms with van der Waals surface area (Å²) in [6.45, 7) is 15.2. The first-order valence-corrected chi connectivity index (χ1v) is 23.7. The Morgan fingerprint density at radius 3 is 0.928 bits per heavy atom. The van der Waals surface area contributed by atoms with Crippen molar-refractivity contribution in [1.29, 1.82) is 0 Å². The maximum atomic E-state index is 6.55. The van der Waals surface area contributed by atoms with Gasteiger partial charge in [0.25, 0.3) is 0 Å². The van der Waals surface area contributed by atoms with Crippen molar-refractivity contribution in [3.05, 3.63) is 243 Å². The minimum Gasteiger partial charge on any atom is -0.489 e. The largest absolute Gasteiger partial charge is 0.489 e. The van der Waals surface area contributed by atoms with Crippen molar-refractivity contribution in [1.82, 2.24) is 0 Å². The maximum absolute atomic E-state index is 6.55. The van der Waals surface area contributed by atoms with E-state index in [1.54, 1.807) is 0 Å². The van der Waals surface area contributed by atoms with Crippen LogP contribution < -0.4 is 33.2 Å². The first-order valence-electron chi connectivity index (χ1n) is 23.7.